The number of likely N-dealkylation sites (tertiary alicyclic amines) is 1. The molecule has 0 aromatic carbocycles. The summed E-state index contributed by atoms with van der Waals surface area (Å²) in [5.74, 6) is 0.0483. The lowest BCUT2D eigenvalue weighted by atomic mass is 10.2. The van der Waals surface area contributed by atoms with Gasteiger partial charge in [-0.05, 0) is 38.5 Å². The maximum Gasteiger partial charge on any atom is 0.333 e. The van der Waals surface area contributed by atoms with Crippen LogP contribution in [-0.2, 0) is 14.3 Å². The third-order valence-electron chi connectivity index (χ3n) is 3.94. The molecule has 0 aliphatic carbocycles. The van der Waals surface area contributed by atoms with Gasteiger partial charge in [0.1, 0.15) is 0 Å². The van der Waals surface area contributed by atoms with E-state index >= 15 is 0 Å². The van der Waals surface area contributed by atoms with Gasteiger partial charge in [0.25, 0.3) is 0 Å². The van der Waals surface area contributed by atoms with E-state index in [0.717, 1.165) is 58.0 Å². The van der Waals surface area contributed by atoms with Crippen LogP contribution in [0.5, 0.6) is 0 Å². The van der Waals surface area contributed by atoms with Gasteiger partial charge < -0.3 is 9.64 Å². The highest BCUT2D eigenvalue weighted by molar-refractivity contribution is 5.87. The Bertz CT molecular complexity index is 352. The number of unbranched alkanes of at least 4 members (excludes halogenated alkanes) is 3. The first-order valence-corrected chi connectivity index (χ1v) is 8.27. The monoisotopic (exact) mass is 295 g/mol. The van der Waals surface area contributed by atoms with E-state index in [1.165, 1.54) is 6.42 Å². The Morgan fingerprint density at radius 1 is 1.19 bits per heavy atom. The molecule has 120 valence electrons. The Kier molecular flexibility index (Phi) is 8.79. The number of amides is 1. The van der Waals surface area contributed by atoms with Crippen molar-refractivity contribution in [2.75, 3.05) is 19.7 Å². The van der Waals surface area contributed by atoms with Crippen LogP contribution in [0.4, 0.5) is 0 Å². The number of carbonyl (C=O) groups excluding carboxylic acids is 2. The number of carbonyl (C=O) groups is 2. The lowest BCUT2D eigenvalue weighted by molar-refractivity contribution is -0.139. The van der Waals surface area contributed by atoms with Gasteiger partial charge in [-0.2, -0.15) is 0 Å². The van der Waals surface area contributed by atoms with Crippen LogP contribution in [0, 0.1) is 0 Å². The third kappa shape index (κ3) is 7.30. The minimum Gasteiger partial charge on any atom is -0.462 e. The fourth-order valence-electron chi connectivity index (χ4n) is 2.44. The smallest absolute Gasteiger partial charge is 0.333 e. The fraction of sp³-hybridized carbons (Fsp3) is 0.765. The molecular formula is C17H29NO3. The second kappa shape index (κ2) is 10.4. The summed E-state index contributed by atoms with van der Waals surface area (Å²) in [6.45, 7) is 7.83. The van der Waals surface area contributed by atoms with Gasteiger partial charge in [-0.3, -0.25) is 4.79 Å². The Labute approximate surface area is 128 Å². The van der Waals surface area contributed by atoms with Crippen molar-refractivity contribution >= 4 is 11.9 Å². The summed E-state index contributed by atoms with van der Waals surface area (Å²) in [5, 5.41) is 0. The van der Waals surface area contributed by atoms with E-state index in [9.17, 15) is 9.59 Å². The van der Waals surface area contributed by atoms with E-state index < -0.39 is 0 Å². The summed E-state index contributed by atoms with van der Waals surface area (Å²) in [5.41, 5.74) is 0.537. The Morgan fingerprint density at radius 3 is 2.71 bits per heavy atom. The van der Waals surface area contributed by atoms with Gasteiger partial charge in [-0.25, -0.2) is 4.79 Å². The van der Waals surface area contributed by atoms with Crippen LogP contribution in [-0.4, -0.2) is 36.5 Å². The first kappa shape index (κ1) is 17.7. The molecule has 0 unspecified atom stereocenters. The fourth-order valence-corrected chi connectivity index (χ4v) is 2.44. The van der Waals surface area contributed by atoms with Crippen LogP contribution in [0.1, 0.15) is 64.7 Å². The molecule has 21 heavy (non-hydrogen) atoms. The van der Waals surface area contributed by atoms with Crippen molar-refractivity contribution in [3.05, 3.63) is 12.2 Å². The normalized spacial score (nSPS) is 15.7. The minimum absolute atomic E-state index is 0.271. The number of ether oxygens (including phenoxy) is 1. The predicted molar refractivity (Wildman–Crippen MR) is 83.9 cm³/mol. The van der Waals surface area contributed by atoms with E-state index in [4.69, 9.17) is 4.74 Å². The molecule has 0 N–H and O–H groups in total. The molecule has 0 spiro atoms. The van der Waals surface area contributed by atoms with Crippen molar-refractivity contribution in [3.8, 4) is 0 Å². The van der Waals surface area contributed by atoms with Gasteiger partial charge in [0.15, 0.2) is 0 Å². The molecule has 1 heterocycles. The van der Waals surface area contributed by atoms with Crippen molar-refractivity contribution in [3.63, 3.8) is 0 Å². The average molecular weight is 295 g/mol. The molecule has 0 atom stereocenters. The number of esters is 1. The van der Waals surface area contributed by atoms with Gasteiger partial charge in [0.05, 0.1) is 6.61 Å². The molecule has 0 radical (unpaired) electrons. The second-order valence-electron chi connectivity index (χ2n) is 5.70. The predicted octanol–water partition coefficient (Wildman–Crippen LogP) is 3.46. The van der Waals surface area contributed by atoms with E-state index in [1.54, 1.807) is 0 Å². The average Bonchev–Trinajstić information content (AvgIpc) is 2.70. The van der Waals surface area contributed by atoms with Crippen molar-refractivity contribution < 1.29 is 14.3 Å². The highest BCUT2D eigenvalue weighted by Crippen LogP contribution is 2.12. The summed E-state index contributed by atoms with van der Waals surface area (Å²) in [4.78, 5) is 25.2. The summed E-state index contributed by atoms with van der Waals surface area (Å²) < 4.78 is 5.12. The van der Waals surface area contributed by atoms with Gasteiger partial charge in [-0.1, -0.05) is 26.3 Å². The van der Waals surface area contributed by atoms with Crippen molar-refractivity contribution in [2.45, 2.75) is 64.7 Å². The first-order valence-electron chi connectivity index (χ1n) is 8.27. The molecule has 4 nitrogen and oxygen atoms in total. The Morgan fingerprint density at radius 2 is 1.95 bits per heavy atom. The maximum atomic E-state index is 11.8. The molecular weight excluding hydrogens is 266 g/mol. The van der Waals surface area contributed by atoms with Crippen LogP contribution in [0.15, 0.2) is 12.2 Å². The van der Waals surface area contributed by atoms with Crippen LogP contribution in [0.25, 0.3) is 0 Å². The topological polar surface area (TPSA) is 46.6 Å². The summed E-state index contributed by atoms with van der Waals surface area (Å²) in [6, 6.07) is 0. The molecule has 0 aromatic rings. The van der Waals surface area contributed by atoms with Gasteiger partial charge in [-0.15, -0.1) is 0 Å². The lowest BCUT2D eigenvalue weighted by Crippen LogP contribution is -2.31. The molecule has 1 aliphatic heterocycles. The molecule has 1 fully saturated rings. The number of hydrogen-bond donors (Lipinski definition) is 0. The zero-order valence-electron chi connectivity index (χ0n) is 13.4. The molecule has 0 saturated carbocycles. The highest BCUT2D eigenvalue weighted by Gasteiger charge is 2.15. The summed E-state index contributed by atoms with van der Waals surface area (Å²) >= 11 is 0. The molecule has 4 heteroatoms. The largest absolute Gasteiger partial charge is 0.462 e. The Balaban J connectivity index is 2.00. The van der Waals surface area contributed by atoms with Crippen molar-refractivity contribution in [2.24, 2.45) is 0 Å². The van der Waals surface area contributed by atoms with Crippen LogP contribution in [0.2, 0.25) is 0 Å². The van der Waals surface area contributed by atoms with E-state index in [-0.39, 0.29) is 5.97 Å². The summed E-state index contributed by atoms with van der Waals surface area (Å²) in [7, 11) is 0. The Hall–Kier alpha value is -1.32. The van der Waals surface area contributed by atoms with Crippen molar-refractivity contribution in [1.29, 1.82) is 0 Å². The zero-order valence-corrected chi connectivity index (χ0v) is 13.4. The number of hydrogen-bond acceptors (Lipinski definition) is 3. The second-order valence-corrected chi connectivity index (χ2v) is 5.70. The van der Waals surface area contributed by atoms with Crippen molar-refractivity contribution in [1.82, 2.24) is 4.90 Å². The van der Waals surface area contributed by atoms with Crippen LogP contribution in [0.3, 0.4) is 0 Å². The number of nitrogens with zero attached hydrogens (tertiary/aromatic N) is 1. The first-order chi connectivity index (χ1) is 10.1. The molecule has 0 aromatic heterocycles. The summed E-state index contributed by atoms with van der Waals surface area (Å²) in [6.07, 6.45) is 8.77. The molecule has 1 amide bonds. The SMILES string of the molecule is C=C(CC)C(=O)OCCCCCCN1CCCCCC1=O. The van der Waals surface area contributed by atoms with E-state index in [1.807, 2.05) is 11.8 Å². The van der Waals surface area contributed by atoms with E-state index in [0.29, 0.717) is 24.5 Å². The van der Waals surface area contributed by atoms with Gasteiger partial charge >= 0.3 is 5.97 Å². The minimum atomic E-state index is -0.271. The molecule has 1 rings (SSSR count). The standard InChI is InChI=1S/C17H29NO3/c1-3-15(2)17(20)21-14-10-5-4-8-12-18-13-9-6-7-11-16(18)19/h2-14H2,1H3. The molecule has 1 saturated heterocycles. The van der Waals surface area contributed by atoms with Gasteiger partial charge in [0.2, 0.25) is 5.91 Å². The zero-order chi connectivity index (χ0) is 15.5. The molecule has 0 bridgehead atoms. The molecule has 1 aliphatic rings. The number of rotatable bonds is 9. The van der Waals surface area contributed by atoms with Crippen LogP contribution < -0.4 is 0 Å². The lowest BCUT2D eigenvalue weighted by Gasteiger charge is -2.20. The maximum absolute atomic E-state index is 11.8. The third-order valence-corrected chi connectivity index (χ3v) is 3.94. The van der Waals surface area contributed by atoms with Gasteiger partial charge in [0, 0.05) is 25.1 Å². The highest BCUT2D eigenvalue weighted by atomic mass is 16.5. The van der Waals surface area contributed by atoms with E-state index in [2.05, 4.69) is 6.58 Å². The van der Waals surface area contributed by atoms with Crippen LogP contribution >= 0.6 is 0 Å². The quantitative estimate of drug-likeness (QED) is 0.372.